The van der Waals surface area contributed by atoms with Crippen LogP contribution in [-0.4, -0.2) is 83.8 Å². The number of phenols is 1. The second kappa shape index (κ2) is 11.8. The second-order valence-corrected chi connectivity index (χ2v) is 12.2. The summed E-state index contributed by atoms with van der Waals surface area (Å²) >= 11 is 0. The molecule has 0 bridgehead atoms. The normalized spacial score (nSPS) is 22.4. The summed E-state index contributed by atoms with van der Waals surface area (Å²) in [5, 5.41) is 23.1. The van der Waals surface area contributed by atoms with Crippen molar-refractivity contribution in [2.75, 3.05) is 49.6 Å². The first-order valence-electron chi connectivity index (χ1n) is 15.2. The number of nitrogens with zero attached hydrogens (tertiary/aromatic N) is 6. The molecular weight excluding hydrogens is 540 g/mol. The topological polar surface area (TPSA) is 96.2 Å². The summed E-state index contributed by atoms with van der Waals surface area (Å²) in [6.45, 7) is 11.7. The van der Waals surface area contributed by atoms with E-state index in [9.17, 15) is 15.2 Å². The van der Waals surface area contributed by atoms with Gasteiger partial charge in [0.15, 0.2) is 0 Å². The fourth-order valence-corrected chi connectivity index (χ4v) is 7.24. The van der Waals surface area contributed by atoms with E-state index in [1.807, 2.05) is 43.0 Å². The monoisotopic (exact) mass is 580 g/mol. The number of rotatable bonds is 6. The van der Waals surface area contributed by atoms with Crippen molar-refractivity contribution in [3.05, 3.63) is 65.9 Å². The smallest absolute Gasteiger partial charge is 0.246 e. The maximum atomic E-state index is 12.6. The van der Waals surface area contributed by atoms with Gasteiger partial charge in [0.25, 0.3) is 0 Å². The molecule has 1 aromatic heterocycles. The number of ether oxygens (including phenoxy) is 1. The molecule has 4 heterocycles. The maximum absolute atomic E-state index is 12.6. The van der Waals surface area contributed by atoms with Gasteiger partial charge in [0.1, 0.15) is 24.0 Å². The van der Waals surface area contributed by atoms with Crippen molar-refractivity contribution in [2.45, 2.75) is 57.8 Å². The Morgan fingerprint density at radius 2 is 1.95 bits per heavy atom. The number of phenolic OH excluding ortho intramolecular Hbond substituents is 1. The van der Waals surface area contributed by atoms with Gasteiger partial charge in [-0.3, -0.25) is 4.79 Å². The molecule has 6 rings (SSSR count). The quantitative estimate of drug-likeness (QED) is 0.427. The Balaban J connectivity index is 1.41. The summed E-state index contributed by atoms with van der Waals surface area (Å²) in [4.78, 5) is 26.4. The van der Waals surface area contributed by atoms with E-state index in [4.69, 9.17) is 9.72 Å². The van der Waals surface area contributed by atoms with Gasteiger partial charge in [-0.15, -0.1) is 0 Å². The van der Waals surface area contributed by atoms with Crippen LogP contribution in [0.1, 0.15) is 43.5 Å². The lowest BCUT2D eigenvalue weighted by Crippen LogP contribution is -2.58. The third-order valence-electron chi connectivity index (χ3n) is 9.32. The van der Waals surface area contributed by atoms with Gasteiger partial charge in [0.05, 0.1) is 17.9 Å². The minimum absolute atomic E-state index is 0.0557. The van der Waals surface area contributed by atoms with Gasteiger partial charge in [0, 0.05) is 60.5 Å². The first-order valence-corrected chi connectivity index (χ1v) is 15.2. The first kappa shape index (κ1) is 28.8. The van der Waals surface area contributed by atoms with E-state index in [1.54, 1.807) is 6.07 Å². The number of likely N-dealkylation sites (tertiary alicyclic amines) is 1. The van der Waals surface area contributed by atoms with Crippen molar-refractivity contribution < 1.29 is 14.6 Å². The predicted molar refractivity (Wildman–Crippen MR) is 169 cm³/mol. The van der Waals surface area contributed by atoms with Crippen LogP contribution in [0.3, 0.4) is 0 Å². The summed E-state index contributed by atoms with van der Waals surface area (Å²) in [5.41, 5.74) is 4.26. The number of carbonyl (C=O) groups is 1. The van der Waals surface area contributed by atoms with E-state index < -0.39 is 0 Å². The molecule has 1 N–H and O–H groups in total. The zero-order valence-corrected chi connectivity index (χ0v) is 25.3. The summed E-state index contributed by atoms with van der Waals surface area (Å²) < 4.78 is 6.40. The van der Waals surface area contributed by atoms with E-state index in [0.29, 0.717) is 50.7 Å². The number of nitriles is 1. The maximum Gasteiger partial charge on any atom is 0.246 e. The molecule has 2 saturated heterocycles. The van der Waals surface area contributed by atoms with Gasteiger partial charge in [-0.25, -0.2) is 4.98 Å². The van der Waals surface area contributed by atoms with Crippen LogP contribution in [-0.2, 0) is 17.8 Å². The van der Waals surface area contributed by atoms with Gasteiger partial charge < -0.3 is 29.4 Å². The van der Waals surface area contributed by atoms with Crippen LogP contribution in [0.15, 0.2) is 49.1 Å². The van der Waals surface area contributed by atoms with E-state index in [0.717, 1.165) is 52.8 Å². The Hall–Kier alpha value is -4.29. The fourth-order valence-electron chi connectivity index (χ4n) is 7.24. The van der Waals surface area contributed by atoms with Crippen molar-refractivity contribution >= 4 is 28.1 Å². The lowest BCUT2D eigenvalue weighted by atomic mass is 9.96. The average molecular weight is 581 g/mol. The number of carbonyl (C=O) groups excluding carboxylic acids is 1. The number of aromatic nitrogens is 1. The molecule has 3 atom stereocenters. The van der Waals surface area contributed by atoms with Gasteiger partial charge in [-0.1, -0.05) is 30.8 Å². The van der Waals surface area contributed by atoms with Crippen LogP contribution in [0.5, 0.6) is 11.6 Å². The Morgan fingerprint density at radius 3 is 2.65 bits per heavy atom. The van der Waals surface area contributed by atoms with Crippen LogP contribution >= 0.6 is 0 Å². The highest BCUT2D eigenvalue weighted by molar-refractivity contribution is 5.96. The zero-order chi connectivity index (χ0) is 30.2. The Morgan fingerprint density at radius 1 is 1.19 bits per heavy atom. The van der Waals surface area contributed by atoms with Crippen molar-refractivity contribution in [1.82, 2.24) is 14.8 Å². The van der Waals surface area contributed by atoms with Gasteiger partial charge in [-0.05, 0) is 64.2 Å². The number of benzene rings is 2. The largest absolute Gasteiger partial charge is 0.508 e. The van der Waals surface area contributed by atoms with Crippen molar-refractivity contribution in [2.24, 2.45) is 0 Å². The molecule has 0 saturated carbocycles. The van der Waals surface area contributed by atoms with Crippen LogP contribution < -0.4 is 14.5 Å². The second-order valence-electron chi connectivity index (χ2n) is 12.2. The predicted octanol–water partition coefficient (Wildman–Crippen LogP) is 4.46. The van der Waals surface area contributed by atoms with Crippen LogP contribution in [0.2, 0.25) is 0 Å². The lowest BCUT2D eigenvalue weighted by Gasteiger charge is -2.46. The molecule has 0 spiro atoms. The average Bonchev–Trinajstić information content (AvgIpc) is 3.42. The number of anilines is 2. The van der Waals surface area contributed by atoms with Crippen LogP contribution in [0.25, 0.3) is 10.8 Å². The number of pyridine rings is 1. The van der Waals surface area contributed by atoms with Gasteiger partial charge in [0.2, 0.25) is 11.8 Å². The van der Waals surface area contributed by atoms with Gasteiger partial charge in [-0.2, -0.15) is 5.26 Å². The number of fused-ring (bicyclic) bond motifs is 2. The minimum Gasteiger partial charge on any atom is -0.508 e. The van der Waals surface area contributed by atoms with Crippen molar-refractivity contribution in [3.8, 4) is 17.7 Å². The molecule has 0 radical (unpaired) electrons. The molecule has 9 nitrogen and oxygen atoms in total. The van der Waals surface area contributed by atoms with Crippen molar-refractivity contribution in [3.63, 3.8) is 0 Å². The molecule has 3 aliphatic heterocycles. The van der Waals surface area contributed by atoms with Crippen molar-refractivity contribution in [1.29, 1.82) is 5.26 Å². The molecule has 0 aliphatic carbocycles. The number of likely N-dealkylation sites (N-methyl/N-ethyl adjacent to an activating group) is 1. The third kappa shape index (κ3) is 5.36. The molecule has 1 amide bonds. The molecule has 3 aliphatic rings. The highest BCUT2D eigenvalue weighted by atomic mass is 16.5. The molecular formula is C34H40N6O3. The number of hydrogen-bond acceptors (Lipinski definition) is 8. The number of piperazine rings is 1. The fraction of sp³-hybridized carbons (Fsp3) is 0.441. The van der Waals surface area contributed by atoms with Crippen LogP contribution in [0.4, 0.5) is 11.4 Å². The van der Waals surface area contributed by atoms with E-state index in [-0.39, 0.29) is 29.8 Å². The highest BCUT2D eigenvalue weighted by Gasteiger charge is 2.36. The number of hydrogen-bond donors (Lipinski definition) is 1. The van der Waals surface area contributed by atoms with E-state index in [1.165, 1.54) is 6.08 Å². The SMILES string of the molecule is C=CC(=O)N1[C@H](C)CN(c2c(C#N)c(OC[C@@H]3CCCN3C)nc3c2CCN(c2cc(O)cc4ccccc24)C3)C[C@@H]1C. The summed E-state index contributed by atoms with van der Waals surface area (Å²) in [6.07, 6.45) is 4.26. The minimum atomic E-state index is -0.0735. The molecule has 43 heavy (non-hydrogen) atoms. The molecule has 2 aromatic carbocycles. The summed E-state index contributed by atoms with van der Waals surface area (Å²) in [6, 6.07) is 14.3. The Labute approximate surface area is 253 Å². The van der Waals surface area contributed by atoms with Crippen LogP contribution in [0, 0.1) is 11.3 Å². The zero-order valence-electron chi connectivity index (χ0n) is 25.3. The highest BCUT2D eigenvalue weighted by Crippen LogP contribution is 2.40. The summed E-state index contributed by atoms with van der Waals surface area (Å²) in [5.74, 6) is 0.535. The number of aromatic hydroxyl groups is 1. The number of amides is 1. The molecule has 3 aromatic rings. The standard InChI is InChI=1S/C34H40N6O3/c1-5-32(42)40-22(2)18-39(19-23(40)3)33-28-12-14-38(31-16-26(41)15-24-9-6-7-11-27(24)31)20-30(28)36-34(29(33)17-35)43-21-25-10-8-13-37(25)4/h5-7,9,11,15-16,22-23,25,41H,1,8,10,12-14,18-21H2,2-4H3/t22-,23+,25-/m0/s1. The Bertz CT molecular complexity index is 1590. The lowest BCUT2D eigenvalue weighted by molar-refractivity contribution is -0.130. The molecule has 224 valence electrons. The molecule has 0 unspecified atom stereocenters. The van der Waals surface area contributed by atoms with E-state index >= 15 is 0 Å². The summed E-state index contributed by atoms with van der Waals surface area (Å²) in [7, 11) is 2.11. The Kier molecular flexibility index (Phi) is 7.89. The molecule has 9 heteroatoms. The van der Waals surface area contributed by atoms with Gasteiger partial charge >= 0.3 is 0 Å². The molecule has 2 fully saturated rings. The first-order chi connectivity index (χ1) is 20.8. The van der Waals surface area contributed by atoms with E-state index in [2.05, 4.69) is 40.5 Å². The third-order valence-corrected chi connectivity index (χ3v) is 9.32.